The molecule has 0 atom stereocenters. The van der Waals surface area contributed by atoms with Gasteiger partial charge in [-0.3, -0.25) is 18.7 Å². The van der Waals surface area contributed by atoms with Crippen LogP contribution in [0, 0.1) is 0 Å². The molecule has 1 aliphatic heterocycles. The van der Waals surface area contributed by atoms with Crippen LogP contribution >= 0.6 is 0 Å². The van der Waals surface area contributed by atoms with Crippen molar-refractivity contribution in [3.63, 3.8) is 0 Å². The van der Waals surface area contributed by atoms with Crippen LogP contribution in [0.25, 0.3) is 5.65 Å². The number of nitrogens with zero attached hydrogens (tertiary/aromatic N) is 5. The number of hydrogen-bond donors (Lipinski definition) is 1. The van der Waals surface area contributed by atoms with E-state index in [0.717, 1.165) is 16.0 Å². The summed E-state index contributed by atoms with van der Waals surface area (Å²) in [6, 6.07) is 7.21. The monoisotopic (exact) mass is 298 g/mol. The van der Waals surface area contributed by atoms with Crippen molar-refractivity contribution in [2.45, 2.75) is 5.92 Å². The molecule has 1 saturated heterocycles. The van der Waals surface area contributed by atoms with E-state index in [2.05, 4.69) is 15.2 Å². The van der Waals surface area contributed by atoms with Crippen molar-refractivity contribution < 1.29 is 0 Å². The van der Waals surface area contributed by atoms with Crippen molar-refractivity contribution in [3.8, 4) is 0 Å². The van der Waals surface area contributed by atoms with Crippen molar-refractivity contribution in [1.82, 2.24) is 24.1 Å². The summed E-state index contributed by atoms with van der Waals surface area (Å²) in [5.41, 5.74) is 0.104. The van der Waals surface area contributed by atoms with Gasteiger partial charge in [0.1, 0.15) is 11.6 Å². The average molecular weight is 298 g/mol. The highest BCUT2D eigenvalue weighted by Crippen LogP contribution is 2.28. The molecule has 0 aliphatic carbocycles. The maximum atomic E-state index is 11.7. The van der Waals surface area contributed by atoms with Gasteiger partial charge in [0.2, 0.25) is 0 Å². The Balaban J connectivity index is 1.60. The largest absolute Gasteiger partial charge is 0.356 e. The fourth-order valence-electron chi connectivity index (χ4n) is 2.69. The summed E-state index contributed by atoms with van der Waals surface area (Å²) in [7, 11) is 1.45. The minimum atomic E-state index is -0.404. The lowest BCUT2D eigenvalue weighted by Gasteiger charge is -2.39. The first-order valence-corrected chi connectivity index (χ1v) is 6.98. The summed E-state index contributed by atoms with van der Waals surface area (Å²) < 4.78 is 3.02. The number of pyridine rings is 1. The minimum Gasteiger partial charge on any atom is -0.356 e. The Bertz CT molecular complexity index is 932. The molecule has 1 N–H and O–H groups in total. The molecule has 0 aromatic carbocycles. The number of aromatic amines is 1. The molecule has 0 radical (unpaired) electrons. The second-order valence-corrected chi connectivity index (χ2v) is 5.45. The first-order valence-electron chi connectivity index (χ1n) is 6.98. The highest BCUT2D eigenvalue weighted by atomic mass is 16.2. The zero-order chi connectivity index (χ0) is 15.3. The molecule has 4 rings (SSSR count). The lowest BCUT2D eigenvalue weighted by Crippen LogP contribution is -2.48. The van der Waals surface area contributed by atoms with E-state index in [1.807, 2.05) is 33.7 Å². The van der Waals surface area contributed by atoms with Gasteiger partial charge in [-0.2, -0.15) is 0 Å². The summed E-state index contributed by atoms with van der Waals surface area (Å²) in [6.07, 6.45) is 1.94. The highest BCUT2D eigenvalue weighted by Gasteiger charge is 2.32. The summed E-state index contributed by atoms with van der Waals surface area (Å²) >= 11 is 0. The van der Waals surface area contributed by atoms with Gasteiger partial charge >= 0.3 is 5.69 Å². The number of fused-ring (bicyclic) bond motifs is 1. The topological polar surface area (TPSA) is 88.3 Å². The van der Waals surface area contributed by atoms with Crippen LogP contribution in [0.1, 0.15) is 11.7 Å². The summed E-state index contributed by atoms with van der Waals surface area (Å²) in [6.45, 7) is 1.39. The molecule has 3 aromatic heterocycles. The SMILES string of the molecule is Cn1c(=O)cc(N2CC(c3nnc4ccccn34)C2)[nH]c1=O. The Morgan fingerprint density at radius 2 is 2.05 bits per heavy atom. The van der Waals surface area contributed by atoms with Gasteiger partial charge in [-0.15, -0.1) is 10.2 Å². The Hall–Kier alpha value is -2.90. The Labute approximate surface area is 124 Å². The van der Waals surface area contributed by atoms with Gasteiger partial charge in [-0.25, -0.2) is 4.79 Å². The van der Waals surface area contributed by atoms with Crippen molar-refractivity contribution in [2.24, 2.45) is 7.05 Å². The minimum absolute atomic E-state index is 0.227. The summed E-state index contributed by atoms with van der Waals surface area (Å²) in [5.74, 6) is 1.68. The molecular formula is C14H14N6O2. The maximum absolute atomic E-state index is 11.7. The van der Waals surface area contributed by atoms with Gasteiger partial charge in [-0.05, 0) is 12.1 Å². The fraction of sp³-hybridized carbons (Fsp3) is 0.286. The smallest absolute Gasteiger partial charge is 0.329 e. The van der Waals surface area contributed by atoms with E-state index in [4.69, 9.17) is 0 Å². The van der Waals surface area contributed by atoms with Gasteiger partial charge in [0, 0.05) is 32.4 Å². The van der Waals surface area contributed by atoms with Gasteiger partial charge in [0.25, 0.3) is 5.56 Å². The predicted octanol–water partition coefficient (Wildman–Crippen LogP) is -0.280. The van der Waals surface area contributed by atoms with Crippen LogP contribution < -0.4 is 16.1 Å². The molecule has 0 bridgehead atoms. The van der Waals surface area contributed by atoms with Crippen LogP contribution in [0.2, 0.25) is 0 Å². The number of anilines is 1. The number of rotatable bonds is 2. The normalized spacial score (nSPS) is 15.2. The quantitative estimate of drug-likeness (QED) is 0.703. The molecule has 8 heteroatoms. The van der Waals surface area contributed by atoms with E-state index in [0.29, 0.717) is 18.9 Å². The first-order chi connectivity index (χ1) is 10.6. The molecular weight excluding hydrogens is 284 g/mol. The van der Waals surface area contributed by atoms with E-state index >= 15 is 0 Å². The van der Waals surface area contributed by atoms with Crippen LogP contribution in [0.5, 0.6) is 0 Å². The molecule has 8 nitrogen and oxygen atoms in total. The molecule has 0 saturated carbocycles. The van der Waals surface area contributed by atoms with Gasteiger partial charge in [0.15, 0.2) is 5.65 Å². The fourth-order valence-corrected chi connectivity index (χ4v) is 2.69. The third-order valence-electron chi connectivity index (χ3n) is 4.06. The van der Waals surface area contributed by atoms with Crippen molar-refractivity contribution in [2.75, 3.05) is 18.0 Å². The van der Waals surface area contributed by atoms with E-state index in [-0.39, 0.29) is 11.5 Å². The number of nitrogens with one attached hydrogen (secondary N) is 1. The van der Waals surface area contributed by atoms with Crippen molar-refractivity contribution in [1.29, 1.82) is 0 Å². The Kier molecular flexibility index (Phi) is 2.65. The third-order valence-corrected chi connectivity index (χ3v) is 4.06. The van der Waals surface area contributed by atoms with Gasteiger partial charge < -0.3 is 4.90 Å². The van der Waals surface area contributed by atoms with E-state index < -0.39 is 5.69 Å². The first kappa shape index (κ1) is 12.8. The Morgan fingerprint density at radius 1 is 1.23 bits per heavy atom. The van der Waals surface area contributed by atoms with Crippen molar-refractivity contribution >= 4 is 11.5 Å². The summed E-state index contributed by atoms with van der Waals surface area (Å²) in [5, 5.41) is 8.39. The number of H-pyrrole nitrogens is 1. The average Bonchev–Trinajstić information content (AvgIpc) is 2.87. The molecule has 3 aromatic rings. The zero-order valence-electron chi connectivity index (χ0n) is 11.9. The molecule has 0 unspecified atom stereocenters. The predicted molar refractivity (Wildman–Crippen MR) is 80.2 cm³/mol. The van der Waals surface area contributed by atoms with E-state index in [1.54, 1.807) is 0 Å². The van der Waals surface area contributed by atoms with Crippen LogP contribution in [-0.4, -0.2) is 37.2 Å². The molecule has 0 amide bonds. The van der Waals surface area contributed by atoms with Crippen molar-refractivity contribution in [3.05, 3.63) is 57.1 Å². The molecule has 1 fully saturated rings. The van der Waals surface area contributed by atoms with Gasteiger partial charge in [0.05, 0.1) is 5.92 Å². The molecule has 112 valence electrons. The van der Waals surface area contributed by atoms with Gasteiger partial charge in [-0.1, -0.05) is 6.07 Å². The van der Waals surface area contributed by atoms with Crippen LogP contribution in [0.4, 0.5) is 5.82 Å². The molecule has 22 heavy (non-hydrogen) atoms. The van der Waals surface area contributed by atoms with Crippen LogP contribution in [-0.2, 0) is 7.05 Å². The maximum Gasteiger partial charge on any atom is 0.329 e. The zero-order valence-corrected chi connectivity index (χ0v) is 11.9. The van der Waals surface area contributed by atoms with E-state index in [1.165, 1.54) is 13.1 Å². The van der Waals surface area contributed by atoms with E-state index in [9.17, 15) is 9.59 Å². The number of aromatic nitrogens is 5. The second kappa shape index (κ2) is 4.55. The standard InChI is InChI=1S/C14H14N6O2/c1-18-12(21)6-11(15-14(18)22)19-7-9(8-19)13-17-16-10-4-2-3-5-20(10)13/h2-6,9H,7-8H2,1H3,(H,15,22). The summed E-state index contributed by atoms with van der Waals surface area (Å²) in [4.78, 5) is 28.0. The lowest BCUT2D eigenvalue weighted by molar-refractivity contribution is 0.490. The van der Waals surface area contributed by atoms with Crippen LogP contribution in [0.15, 0.2) is 40.1 Å². The molecule has 0 spiro atoms. The number of hydrogen-bond acceptors (Lipinski definition) is 5. The second-order valence-electron chi connectivity index (χ2n) is 5.45. The lowest BCUT2D eigenvalue weighted by atomic mass is 9.99. The third kappa shape index (κ3) is 1.84. The molecule has 1 aliphatic rings. The Morgan fingerprint density at radius 3 is 2.82 bits per heavy atom. The molecule has 4 heterocycles. The highest BCUT2D eigenvalue weighted by molar-refractivity contribution is 5.44. The van der Waals surface area contributed by atoms with Crippen LogP contribution in [0.3, 0.4) is 0 Å².